The maximum atomic E-state index is 12.7. The van der Waals surface area contributed by atoms with Gasteiger partial charge in [0.05, 0.1) is 17.4 Å². The van der Waals surface area contributed by atoms with Crippen LogP contribution in [0.2, 0.25) is 0 Å². The van der Waals surface area contributed by atoms with Gasteiger partial charge in [0.1, 0.15) is 11.1 Å². The first-order valence-electron chi connectivity index (χ1n) is 8.33. The Kier molecular flexibility index (Phi) is 5.16. The summed E-state index contributed by atoms with van der Waals surface area (Å²) in [5, 5.41) is 22.8. The lowest BCUT2D eigenvalue weighted by Crippen LogP contribution is -2.35. The fourth-order valence-electron chi connectivity index (χ4n) is 3.57. The van der Waals surface area contributed by atoms with E-state index in [1.807, 2.05) is 0 Å². The molecule has 1 heterocycles. The molecule has 0 spiro atoms. The first kappa shape index (κ1) is 18.0. The zero-order chi connectivity index (χ0) is 18.1. The second kappa shape index (κ2) is 7.19. The third kappa shape index (κ3) is 3.58. The van der Waals surface area contributed by atoms with Gasteiger partial charge in [-0.3, -0.25) is 9.59 Å². The van der Waals surface area contributed by atoms with Crippen molar-refractivity contribution in [3.63, 3.8) is 0 Å². The van der Waals surface area contributed by atoms with Crippen molar-refractivity contribution in [1.29, 1.82) is 5.26 Å². The maximum absolute atomic E-state index is 12.7. The number of halogens is 1. The molecule has 3 rings (SSSR count). The lowest BCUT2D eigenvalue weighted by molar-refractivity contribution is -0.146. The van der Waals surface area contributed by atoms with Crippen LogP contribution in [0.15, 0.2) is 11.1 Å². The summed E-state index contributed by atoms with van der Waals surface area (Å²) < 4.78 is 0. The highest BCUT2D eigenvalue weighted by Crippen LogP contribution is 2.40. The van der Waals surface area contributed by atoms with Crippen LogP contribution < -0.4 is 5.32 Å². The molecule has 5 nitrogen and oxygen atoms in total. The molecule has 0 aromatic carbocycles. The zero-order valence-corrected chi connectivity index (χ0v) is 15.4. The standard InChI is InChI=1S/C18H19ClN2O3S/c1-9-2-5-15-12(6-9)14(8-20)17(25-15)21-16(22)13-7-10(19)3-4-11(13)18(23)24/h3,9,11,13H,2,4-7H2,1H3,(H,21,22)(H,23,24)/t9-,11-,13+/m1/s1. The van der Waals surface area contributed by atoms with E-state index in [1.54, 1.807) is 6.08 Å². The summed E-state index contributed by atoms with van der Waals surface area (Å²) >= 11 is 7.47. The number of carbonyl (C=O) groups excluding carboxylic acids is 1. The van der Waals surface area contributed by atoms with Crippen LogP contribution in [0.3, 0.4) is 0 Å². The first-order chi connectivity index (χ1) is 11.9. The third-order valence-corrected chi connectivity index (χ3v) is 6.52. The topological polar surface area (TPSA) is 90.2 Å². The van der Waals surface area contributed by atoms with Gasteiger partial charge in [-0.2, -0.15) is 5.26 Å². The van der Waals surface area contributed by atoms with Crippen molar-refractivity contribution in [2.24, 2.45) is 17.8 Å². The van der Waals surface area contributed by atoms with Crippen molar-refractivity contribution >= 4 is 39.8 Å². The molecule has 3 atom stereocenters. The largest absolute Gasteiger partial charge is 0.481 e. The van der Waals surface area contributed by atoms with Gasteiger partial charge in [0.15, 0.2) is 0 Å². The summed E-state index contributed by atoms with van der Waals surface area (Å²) in [6.45, 7) is 2.16. The minimum atomic E-state index is -1.000. The number of carboxylic acids is 1. The number of nitriles is 1. The summed E-state index contributed by atoms with van der Waals surface area (Å²) in [5.41, 5.74) is 1.57. The zero-order valence-electron chi connectivity index (χ0n) is 13.8. The van der Waals surface area contributed by atoms with Gasteiger partial charge in [-0.05, 0) is 43.6 Å². The molecule has 2 aliphatic rings. The highest BCUT2D eigenvalue weighted by Gasteiger charge is 2.37. The molecule has 0 saturated carbocycles. The molecule has 1 aromatic rings. The molecule has 2 aliphatic carbocycles. The molecule has 0 aliphatic heterocycles. The number of fused-ring (bicyclic) bond motifs is 1. The van der Waals surface area contributed by atoms with E-state index in [1.165, 1.54) is 11.3 Å². The predicted octanol–water partition coefficient (Wildman–Crippen LogP) is 3.92. The van der Waals surface area contributed by atoms with Gasteiger partial charge in [0.25, 0.3) is 0 Å². The molecule has 0 fully saturated rings. The SMILES string of the molecule is C[C@@H]1CCc2sc(NC(=O)[C@H]3CC(Cl)=CC[C@H]3C(=O)O)c(C#N)c2C1. The van der Waals surface area contributed by atoms with Crippen molar-refractivity contribution in [1.82, 2.24) is 0 Å². The lowest BCUT2D eigenvalue weighted by Gasteiger charge is -2.25. The van der Waals surface area contributed by atoms with Crippen molar-refractivity contribution in [2.45, 2.75) is 39.0 Å². The van der Waals surface area contributed by atoms with Gasteiger partial charge >= 0.3 is 5.97 Å². The lowest BCUT2D eigenvalue weighted by atomic mass is 9.82. The van der Waals surface area contributed by atoms with E-state index < -0.39 is 17.8 Å². The van der Waals surface area contributed by atoms with Crippen LogP contribution in [0.25, 0.3) is 0 Å². The van der Waals surface area contributed by atoms with Gasteiger partial charge in [-0.1, -0.05) is 24.6 Å². The number of rotatable bonds is 3. The number of hydrogen-bond acceptors (Lipinski definition) is 4. The number of nitrogens with one attached hydrogen (secondary N) is 1. The van der Waals surface area contributed by atoms with E-state index in [-0.39, 0.29) is 18.7 Å². The van der Waals surface area contributed by atoms with Crippen LogP contribution in [-0.4, -0.2) is 17.0 Å². The smallest absolute Gasteiger partial charge is 0.307 e. The normalized spacial score (nSPS) is 25.5. The van der Waals surface area contributed by atoms with Crippen LogP contribution in [0.4, 0.5) is 5.00 Å². The number of amides is 1. The molecule has 0 saturated heterocycles. The molecule has 1 amide bonds. The number of aliphatic carboxylic acids is 1. The van der Waals surface area contributed by atoms with Crippen LogP contribution in [0.5, 0.6) is 0 Å². The Morgan fingerprint density at radius 1 is 1.40 bits per heavy atom. The summed E-state index contributed by atoms with van der Waals surface area (Å²) in [7, 11) is 0. The minimum absolute atomic E-state index is 0.217. The van der Waals surface area contributed by atoms with E-state index in [0.717, 1.165) is 29.7 Å². The number of carboxylic acid groups (broad SMARTS) is 1. The number of allylic oxidation sites excluding steroid dienone is 2. The summed E-state index contributed by atoms with van der Waals surface area (Å²) in [4.78, 5) is 25.3. The van der Waals surface area contributed by atoms with E-state index in [2.05, 4.69) is 18.3 Å². The average Bonchev–Trinajstić information content (AvgIpc) is 2.90. The van der Waals surface area contributed by atoms with Crippen LogP contribution in [0, 0.1) is 29.1 Å². The second-order valence-electron chi connectivity index (χ2n) is 6.80. The minimum Gasteiger partial charge on any atom is -0.481 e. The Hall–Kier alpha value is -1.84. The van der Waals surface area contributed by atoms with Gasteiger partial charge in [0.2, 0.25) is 5.91 Å². The van der Waals surface area contributed by atoms with Gasteiger partial charge in [-0.25, -0.2) is 0 Å². The quantitative estimate of drug-likeness (QED) is 0.834. The average molecular weight is 379 g/mol. The molecule has 0 unspecified atom stereocenters. The van der Waals surface area contributed by atoms with Crippen LogP contribution in [0.1, 0.15) is 42.2 Å². The highest BCUT2D eigenvalue weighted by atomic mass is 35.5. The fourth-order valence-corrected chi connectivity index (χ4v) is 5.02. The molecule has 0 radical (unpaired) electrons. The van der Waals surface area contributed by atoms with Crippen LogP contribution in [-0.2, 0) is 22.4 Å². The number of carbonyl (C=O) groups is 2. The molecule has 1 aromatic heterocycles. The molecule has 132 valence electrons. The summed E-state index contributed by atoms with van der Waals surface area (Å²) in [6.07, 6.45) is 4.97. The maximum Gasteiger partial charge on any atom is 0.307 e. The first-order valence-corrected chi connectivity index (χ1v) is 9.53. The monoisotopic (exact) mass is 378 g/mol. The van der Waals surface area contributed by atoms with E-state index in [0.29, 0.717) is 21.5 Å². The Bertz CT molecular complexity index is 793. The van der Waals surface area contributed by atoms with Crippen molar-refractivity contribution < 1.29 is 14.7 Å². The molecular weight excluding hydrogens is 360 g/mol. The van der Waals surface area contributed by atoms with E-state index in [9.17, 15) is 20.0 Å². The molecule has 2 N–H and O–H groups in total. The van der Waals surface area contributed by atoms with Gasteiger partial charge in [-0.15, -0.1) is 11.3 Å². The molecular formula is C18H19ClN2O3S. The number of nitrogens with zero attached hydrogens (tertiary/aromatic N) is 1. The number of aryl methyl sites for hydroxylation is 1. The van der Waals surface area contributed by atoms with Gasteiger partial charge < -0.3 is 10.4 Å². The Morgan fingerprint density at radius 2 is 2.16 bits per heavy atom. The van der Waals surface area contributed by atoms with E-state index >= 15 is 0 Å². The van der Waals surface area contributed by atoms with Crippen molar-refractivity contribution in [3.8, 4) is 6.07 Å². The number of hydrogen-bond donors (Lipinski definition) is 2. The summed E-state index contributed by atoms with van der Waals surface area (Å²) in [5.74, 6) is -2.36. The summed E-state index contributed by atoms with van der Waals surface area (Å²) in [6, 6.07) is 2.22. The number of anilines is 1. The second-order valence-corrected chi connectivity index (χ2v) is 8.39. The number of thiophene rings is 1. The van der Waals surface area contributed by atoms with Crippen molar-refractivity contribution in [2.75, 3.05) is 5.32 Å². The third-order valence-electron chi connectivity index (χ3n) is 5.00. The van der Waals surface area contributed by atoms with E-state index in [4.69, 9.17) is 11.6 Å². The fraction of sp³-hybridized carbons (Fsp3) is 0.500. The Morgan fingerprint density at radius 3 is 2.84 bits per heavy atom. The Balaban J connectivity index is 1.85. The molecule has 25 heavy (non-hydrogen) atoms. The molecule has 0 bridgehead atoms. The van der Waals surface area contributed by atoms with Gasteiger partial charge in [0, 0.05) is 9.91 Å². The molecule has 7 heteroatoms. The Labute approximate surface area is 155 Å². The highest BCUT2D eigenvalue weighted by molar-refractivity contribution is 7.16. The van der Waals surface area contributed by atoms with Crippen LogP contribution >= 0.6 is 22.9 Å². The predicted molar refractivity (Wildman–Crippen MR) is 96.6 cm³/mol. The van der Waals surface area contributed by atoms with Crippen molar-refractivity contribution in [3.05, 3.63) is 27.1 Å².